The lowest BCUT2D eigenvalue weighted by atomic mass is 9.92. The lowest BCUT2D eigenvalue weighted by Gasteiger charge is -2.40. The highest BCUT2D eigenvalue weighted by Crippen LogP contribution is 2.34. The number of nitrogens with zero attached hydrogens (tertiary/aromatic N) is 4. The highest BCUT2D eigenvalue weighted by Gasteiger charge is 2.33. The van der Waals surface area contributed by atoms with E-state index < -0.39 is 0 Å². The number of anilines is 1. The van der Waals surface area contributed by atoms with Gasteiger partial charge in [-0.2, -0.15) is 0 Å². The second-order valence-electron chi connectivity index (χ2n) is 11.6. The maximum absolute atomic E-state index is 14.6. The highest BCUT2D eigenvalue weighted by atomic mass is 35.5. The molecule has 3 aromatic carbocycles. The number of benzene rings is 3. The van der Waals surface area contributed by atoms with Crippen LogP contribution in [0.2, 0.25) is 5.02 Å². The number of hydrogen-bond acceptors (Lipinski definition) is 5. The van der Waals surface area contributed by atoms with Crippen LogP contribution in [0.15, 0.2) is 72.8 Å². The predicted octanol–water partition coefficient (Wildman–Crippen LogP) is 5.54. The van der Waals surface area contributed by atoms with Crippen LogP contribution in [0, 0.1) is 6.92 Å². The Kier molecular flexibility index (Phi) is 8.49. The van der Waals surface area contributed by atoms with Gasteiger partial charge < -0.3 is 24.2 Å². The molecule has 228 valence electrons. The molecule has 1 fully saturated rings. The molecule has 1 atom stereocenters. The van der Waals surface area contributed by atoms with Crippen molar-refractivity contribution in [3.8, 4) is 17.0 Å². The van der Waals surface area contributed by atoms with E-state index in [9.17, 15) is 14.7 Å². The minimum atomic E-state index is -0.192. The van der Waals surface area contributed by atoms with E-state index in [1.54, 1.807) is 48.3 Å². The number of amides is 2. The first kappa shape index (κ1) is 29.9. The number of morpholine rings is 1. The Morgan fingerprint density at radius 1 is 0.977 bits per heavy atom. The molecule has 9 heteroatoms. The van der Waals surface area contributed by atoms with Crippen LogP contribution in [0.5, 0.6) is 5.75 Å². The van der Waals surface area contributed by atoms with Crippen LogP contribution in [0.4, 0.5) is 5.69 Å². The summed E-state index contributed by atoms with van der Waals surface area (Å²) >= 11 is 6.54. The van der Waals surface area contributed by atoms with Crippen molar-refractivity contribution >= 4 is 29.1 Å². The van der Waals surface area contributed by atoms with Gasteiger partial charge in [-0.25, -0.2) is 0 Å². The molecule has 3 heterocycles. The van der Waals surface area contributed by atoms with Crippen molar-refractivity contribution in [2.45, 2.75) is 25.9 Å². The summed E-state index contributed by atoms with van der Waals surface area (Å²) in [5, 5.41) is 10.2. The van der Waals surface area contributed by atoms with Crippen molar-refractivity contribution in [2.24, 2.45) is 7.05 Å². The minimum Gasteiger partial charge on any atom is -0.508 e. The van der Waals surface area contributed by atoms with Gasteiger partial charge in [-0.1, -0.05) is 35.9 Å². The van der Waals surface area contributed by atoms with E-state index >= 15 is 0 Å². The van der Waals surface area contributed by atoms with Crippen molar-refractivity contribution < 1.29 is 19.4 Å². The number of halogens is 1. The predicted molar refractivity (Wildman–Crippen MR) is 173 cm³/mol. The van der Waals surface area contributed by atoms with E-state index in [4.69, 9.17) is 16.3 Å². The van der Waals surface area contributed by atoms with E-state index in [1.807, 2.05) is 41.6 Å². The summed E-state index contributed by atoms with van der Waals surface area (Å²) in [4.78, 5) is 34.2. The van der Waals surface area contributed by atoms with Crippen LogP contribution in [0.1, 0.15) is 37.5 Å². The number of ether oxygens (including phenoxy) is 1. The van der Waals surface area contributed by atoms with Gasteiger partial charge in [0.2, 0.25) is 0 Å². The molecule has 0 radical (unpaired) electrons. The summed E-state index contributed by atoms with van der Waals surface area (Å²) in [6.45, 7) is 6.31. The molecule has 2 aliphatic rings. The molecule has 0 aliphatic carbocycles. The van der Waals surface area contributed by atoms with Crippen LogP contribution < -0.4 is 4.90 Å². The van der Waals surface area contributed by atoms with Gasteiger partial charge in [0, 0.05) is 79.5 Å². The third-order valence-electron chi connectivity index (χ3n) is 8.98. The second-order valence-corrected chi connectivity index (χ2v) is 12.1. The number of rotatable bonds is 6. The smallest absolute Gasteiger partial charge is 0.259 e. The summed E-state index contributed by atoms with van der Waals surface area (Å²) in [7, 11) is 3.60. The number of hydrogen-bond donors (Lipinski definition) is 1. The van der Waals surface area contributed by atoms with E-state index in [-0.39, 0.29) is 23.6 Å². The largest absolute Gasteiger partial charge is 0.508 e. The average Bonchev–Trinajstić information content (AvgIpc) is 3.34. The maximum atomic E-state index is 14.6. The van der Waals surface area contributed by atoms with Crippen molar-refractivity contribution in [1.29, 1.82) is 0 Å². The van der Waals surface area contributed by atoms with Gasteiger partial charge in [-0.3, -0.25) is 14.5 Å². The minimum absolute atomic E-state index is 0.00488. The lowest BCUT2D eigenvalue weighted by Crippen LogP contribution is -2.52. The van der Waals surface area contributed by atoms with Crippen LogP contribution in [0.25, 0.3) is 11.3 Å². The second kappa shape index (κ2) is 12.5. The summed E-state index contributed by atoms with van der Waals surface area (Å²) in [5.74, 6) is -0.115. The molecule has 1 N–H and O–H groups in total. The summed E-state index contributed by atoms with van der Waals surface area (Å²) in [6.07, 6.45) is 0.785. The van der Waals surface area contributed by atoms with E-state index in [0.717, 1.165) is 43.0 Å². The van der Waals surface area contributed by atoms with Crippen LogP contribution in [0.3, 0.4) is 0 Å². The molecule has 6 rings (SSSR count). The summed E-state index contributed by atoms with van der Waals surface area (Å²) < 4.78 is 7.52. The Balaban J connectivity index is 1.36. The fraction of sp³-hybridized carbons (Fsp3) is 0.314. The zero-order chi connectivity index (χ0) is 31.0. The molecular formula is C35H37ClN4O4. The first-order valence-corrected chi connectivity index (χ1v) is 15.3. The molecule has 1 saturated heterocycles. The summed E-state index contributed by atoms with van der Waals surface area (Å²) in [5.41, 5.74) is 6.36. The SMILES string of the molecule is Cc1c(C(=O)N(C)c2ccc(O)cc2)cc(-c2cc(Cl)ccc2C(=O)N2Cc3ccccc3C[C@H]2CN2CCOCC2)n1C. The van der Waals surface area contributed by atoms with E-state index in [2.05, 4.69) is 23.1 Å². The Bertz CT molecular complexity index is 1690. The third kappa shape index (κ3) is 5.85. The quantitative estimate of drug-likeness (QED) is 0.310. The van der Waals surface area contributed by atoms with Crippen molar-refractivity contribution in [3.05, 3.63) is 106 Å². The number of aromatic hydroxyl groups is 1. The number of phenols is 1. The van der Waals surface area contributed by atoms with Crippen LogP contribution in [-0.4, -0.2) is 77.2 Å². The van der Waals surface area contributed by atoms with Crippen molar-refractivity contribution in [3.63, 3.8) is 0 Å². The first-order chi connectivity index (χ1) is 21.2. The molecule has 4 aromatic rings. The molecular weight excluding hydrogens is 576 g/mol. The lowest BCUT2D eigenvalue weighted by molar-refractivity contribution is 0.0193. The Morgan fingerprint density at radius 3 is 2.41 bits per heavy atom. The monoisotopic (exact) mass is 612 g/mol. The van der Waals surface area contributed by atoms with Crippen molar-refractivity contribution in [1.82, 2.24) is 14.4 Å². The average molecular weight is 613 g/mol. The molecule has 0 spiro atoms. The zero-order valence-corrected chi connectivity index (χ0v) is 26.1. The van der Waals surface area contributed by atoms with Gasteiger partial charge >= 0.3 is 0 Å². The third-order valence-corrected chi connectivity index (χ3v) is 9.22. The molecule has 2 amide bonds. The molecule has 2 aliphatic heterocycles. The zero-order valence-electron chi connectivity index (χ0n) is 25.3. The Labute approximate surface area is 263 Å². The normalized spacial score (nSPS) is 16.9. The molecule has 0 bridgehead atoms. The molecule has 8 nitrogen and oxygen atoms in total. The molecule has 44 heavy (non-hydrogen) atoms. The van der Waals surface area contributed by atoms with Gasteiger partial charge in [0.15, 0.2) is 0 Å². The van der Waals surface area contributed by atoms with Crippen molar-refractivity contribution in [2.75, 3.05) is 44.8 Å². The van der Waals surface area contributed by atoms with Gasteiger partial charge in [0.1, 0.15) is 5.75 Å². The number of carbonyl (C=O) groups is 2. The number of fused-ring (bicyclic) bond motifs is 1. The van der Waals surface area contributed by atoms with Gasteiger partial charge in [-0.15, -0.1) is 0 Å². The Hall–Kier alpha value is -4.11. The summed E-state index contributed by atoms with van der Waals surface area (Å²) in [6, 6.07) is 22.1. The fourth-order valence-electron chi connectivity index (χ4n) is 6.29. The molecule has 0 unspecified atom stereocenters. The molecule has 1 aromatic heterocycles. The first-order valence-electron chi connectivity index (χ1n) is 14.9. The van der Waals surface area contributed by atoms with Crippen LogP contribution >= 0.6 is 11.6 Å². The van der Waals surface area contributed by atoms with Gasteiger partial charge in [-0.05, 0) is 73.0 Å². The maximum Gasteiger partial charge on any atom is 0.259 e. The van der Waals surface area contributed by atoms with E-state index in [0.29, 0.717) is 47.2 Å². The van der Waals surface area contributed by atoms with Gasteiger partial charge in [0.25, 0.3) is 11.8 Å². The number of aromatic nitrogens is 1. The number of phenolic OH excluding ortho intramolecular Hbond substituents is 1. The fourth-order valence-corrected chi connectivity index (χ4v) is 6.46. The van der Waals surface area contributed by atoms with Crippen LogP contribution in [-0.2, 0) is 24.8 Å². The standard InChI is InChI=1S/C35H37ClN4O4/c1-23-31(34(42)38(3)27-9-11-29(41)12-10-27)20-33(37(23)2)32-19-26(36)8-13-30(32)35(43)40-21-25-7-5-4-6-24(25)18-28(40)22-39-14-16-44-17-15-39/h4-13,19-20,28,41H,14-18,21-22H2,1-3H3/t28-/m0/s1. The van der Waals surface area contributed by atoms with E-state index in [1.165, 1.54) is 5.56 Å². The molecule has 0 saturated carbocycles. The topological polar surface area (TPSA) is 78.2 Å². The highest BCUT2D eigenvalue weighted by molar-refractivity contribution is 6.31. The van der Waals surface area contributed by atoms with Gasteiger partial charge in [0.05, 0.1) is 18.8 Å². The number of carbonyl (C=O) groups excluding carboxylic acids is 2. The Morgan fingerprint density at radius 2 is 1.68 bits per heavy atom.